The monoisotopic (exact) mass is 275 g/mol. The molecule has 0 atom stereocenters. The van der Waals surface area contributed by atoms with Gasteiger partial charge in [0.15, 0.2) is 5.69 Å². The van der Waals surface area contributed by atoms with E-state index in [1.54, 1.807) is 0 Å². The lowest BCUT2D eigenvalue weighted by molar-refractivity contribution is 0.0690. The molecule has 76 valence electrons. The average molecular weight is 276 g/mol. The molecule has 2 rings (SSSR count). The van der Waals surface area contributed by atoms with Crippen LogP contribution >= 0.6 is 27.3 Å². The van der Waals surface area contributed by atoms with Gasteiger partial charge in [-0.15, -0.1) is 11.3 Å². The Balaban J connectivity index is 2.27. The van der Waals surface area contributed by atoms with E-state index in [4.69, 9.17) is 5.11 Å². The lowest BCUT2D eigenvalue weighted by Gasteiger charge is -2.01. The summed E-state index contributed by atoms with van der Waals surface area (Å²) >= 11 is 4.70. The number of carboxylic acid groups (broad SMARTS) is 1. The average Bonchev–Trinajstić information content (AvgIpc) is 2.70. The Morgan fingerprint density at radius 3 is 2.64 bits per heavy atom. The van der Waals surface area contributed by atoms with Crippen molar-refractivity contribution >= 4 is 33.2 Å². The fraction of sp³-hybridized carbons (Fsp3) is 0.556. The van der Waals surface area contributed by atoms with Gasteiger partial charge in [-0.2, -0.15) is 0 Å². The number of thiazole rings is 1. The number of hydrogen-bond donors (Lipinski definition) is 1. The van der Waals surface area contributed by atoms with E-state index in [9.17, 15) is 4.79 Å². The Labute approximate surface area is 94.3 Å². The third kappa shape index (κ3) is 1.83. The van der Waals surface area contributed by atoms with Gasteiger partial charge in [-0.05, 0) is 28.8 Å². The summed E-state index contributed by atoms with van der Waals surface area (Å²) in [5, 5.41) is 9.81. The molecule has 1 aromatic rings. The Bertz CT molecular complexity index is 358. The molecule has 1 aromatic heterocycles. The highest BCUT2D eigenvalue weighted by molar-refractivity contribution is 9.11. The third-order valence-electron chi connectivity index (χ3n) is 2.51. The molecule has 1 aliphatic carbocycles. The lowest BCUT2D eigenvalue weighted by atomic mass is 10.1. The van der Waals surface area contributed by atoms with Gasteiger partial charge in [0.05, 0.1) is 5.01 Å². The quantitative estimate of drug-likeness (QED) is 0.901. The number of nitrogens with zero attached hydrogens (tertiary/aromatic N) is 1. The van der Waals surface area contributed by atoms with Gasteiger partial charge < -0.3 is 5.11 Å². The van der Waals surface area contributed by atoms with Crippen LogP contribution in [-0.2, 0) is 0 Å². The summed E-state index contributed by atoms with van der Waals surface area (Å²) in [5.74, 6) is -0.457. The zero-order valence-corrected chi connectivity index (χ0v) is 9.90. The Hall–Kier alpha value is -0.420. The first-order valence-corrected chi connectivity index (χ1v) is 6.19. The van der Waals surface area contributed by atoms with E-state index in [2.05, 4.69) is 20.9 Å². The summed E-state index contributed by atoms with van der Waals surface area (Å²) in [7, 11) is 0. The Morgan fingerprint density at radius 2 is 2.14 bits per heavy atom. The van der Waals surface area contributed by atoms with E-state index >= 15 is 0 Å². The van der Waals surface area contributed by atoms with Crippen molar-refractivity contribution in [3.63, 3.8) is 0 Å². The molecule has 1 N–H and O–H groups in total. The maximum Gasteiger partial charge on any atom is 0.356 e. The number of halogens is 1. The first-order chi connectivity index (χ1) is 6.68. The summed E-state index contributed by atoms with van der Waals surface area (Å²) in [6, 6.07) is 0. The molecule has 1 fully saturated rings. The van der Waals surface area contributed by atoms with Gasteiger partial charge in [0.2, 0.25) is 0 Å². The molecule has 0 aromatic carbocycles. The molecular weight excluding hydrogens is 266 g/mol. The van der Waals surface area contributed by atoms with Crippen molar-refractivity contribution < 1.29 is 9.90 Å². The molecular formula is C9H10BrNO2S. The summed E-state index contributed by atoms with van der Waals surface area (Å²) in [6.07, 6.45) is 4.78. The van der Waals surface area contributed by atoms with Crippen LogP contribution in [0.25, 0.3) is 0 Å². The van der Waals surface area contributed by atoms with E-state index in [1.807, 2.05) is 0 Å². The van der Waals surface area contributed by atoms with Gasteiger partial charge in [0.25, 0.3) is 0 Å². The van der Waals surface area contributed by atoms with Gasteiger partial charge in [-0.1, -0.05) is 12.8 Å². The van der Waals surface area contributed by atoms with Crippen LogP contribution in [0.3, 0.4) is 0 Å². The molecule has 3 nitrogen and oxygen atoms in total. The van der Waals surface area contributed by atoms with E-state index in [0.29, 0.717) is 9.70 Å². The van der Waals surface area contributed by atoms with Crippen molar-refractivity contribution in [1.82, 2.24) is 4.98 Å². The molecule has 14 heavy (non-hydrogen) atoms. The maximum absolute atomic E-state index is 10.8. The molecule has 1 heterocycles. The summed E-state index contributed by atoms with van der Waals surface area (Å²) in [4.78, 5) is 14.9. The smallest absolute Gasteiger partial charge is 0.356 e. The van der Waals surface area contributed by atoms with Gasteiger partial charge in [-0.25, -0.2) is 9.78 Å². The van der Waals surface area contributed by atoms with E-state index < -0.39 is 5.97 Å². The first kappa shape index (κ1) is 10.1. The first-order valence-electron chi connectivity index (χ1n) is 4.58. The second-order valence-electron chi connectivity index (χ2n) is 3.46. The SMILES string of the molecule is O=C(O)c1nc(C2CCCC2)sc1Br. The summed E-state index contributed by atoms with van der Waals surface area (Å²) in [5.41, 5.74) is 0.164. The van der Waals surface area contributed by atoms with Gasteiger partial charge in [0, 0.05) is 5.92 Å². The highest BCUT2D eigenvalue weighted by Gasteiger charge is 2.23. The lowest BCUT2D eigenvalue weighted by Crippen LogP contribution is -1.99. The van der Waals surface area contributed by atoms with Crippen LogP contribution in [0.2, 0.25) is 0 Å². The largest absolute Gasteiger partial charge is 0.476 e. The zero-order chi connectivity index (χ0) is 10.1. The topological polar surface area (TPSA) is 50.2 Å². The summed E-state index contributed by atoms with van der Waals surface area (Å²) in [6.45, 7) is 0. The number of hydrogen-bond acceptors (Lipinski definition) is 3. The van der Waals surface area contributed by atoms with Crippen molar-refractivity contribution in [1.29, 1.82) is 0 Å². The van der Waals surface area contributed by atoms with Gasteiger partial charge >= 0.3 is 5.97 Å². The van der Waals surface area contributed by atoms with Crippen LogP contribution < -0.4 is 0 Å². The molecule has 0 aliphatic heterocycles. The van der Waals surface area contributed by atoms with E-state index in [0.717, 1.165) is 17.8 Å². The second-order valence-corrected chi connectivity index (χ2v) is 5.81. The molecule has 0 saturated heterocycles. The van der Waals surface area contributed by atoms with Crippen LogP contribution in [-0.4, -0.2) is 16.1 Å². The van der Waals surface area contributed by atoms with Crippen LogP contribution in [0.5, 0.6) is 0 Å². The minimum Gasteiger partial charge on any atom is -0.476 e. The van der Waals surface area contributed by atoms with Crippen molar-refractivity contribution in [2.24, 2.45) is 0 Å². The third-order valence-corrected chi connectivity index (χ3v) is 4.38. The predicted molar refractivity (Wildman–Crippen MR) is 58.0 cm³/mol. The normalized spacial score (nSPS) is 17.5. The van der Waals surface area contributed by atoms with E-state index in [1.165, 1.54) is 24.2 Å². The van der Waals surface area contributed by atoms with Crippen molar-refractivity contribution in [2.45, 2.75) is 31.6 Å². The number of aromatic nitrogens is 1. The molecule has 0 spiro atoms. The Kier molecular flexibility index (Phi) is 2.88. The minimum atomic E-state index is -0.947. The molecule has 1 saturated carbocycles. The van der Waals surface area contributed by atoms with Gasteiger partial charge in [0.1, 0.15) is 3.79 Å². The van der Waals surface area contributed by atoms with E-state index in [-0.39, 0.29) is 5.69 Å². The summed E-state index contributed by atoms with van der Waals surface area (Å²) < 4.78 is 0.645. The highest BCUT2D eigenvalue weighted by Crippen LogP contribution is 2.38. The predicted octanol–water partition coefficient (Wildman–Crippen LogP) is 3.26. The molecule has 5 heteroatoms. The fourth-order valence-electron chi connectivity index (χ4n) is 1.80. The maximum atomic E-state index is 10.8. The molecule has 0 bridgehead atoms. The number of rotatable bonds is 2. The number of carbonyl (C=O) groups is 1. The zero-order valence-electron chi connectivity index (χ0n) is 7.49. The number of aromatic carboxylic acids is 1. The molecule has 0 unspecified atom stereocenters. The van der Waals surface area contributed by atoms with Gasteiger partial charge in [-0.3, -0.25) is 0 Å². The van der Waals surface area contributed by atoms with Crippen LogP contribution in [0.15, 0.2) is 3.79 Å². The molecule has 1 aliphatic rings. The van der Waals surface area contributed by atoms with Crippen molar-refractivity contribution in [3.8, 4) is 0 Å². The minimum absolute atomic E-state index is 0.164. The van der Waals surface area contributed by atoms with Crippen molar-refractivity contribution in [2.75, 3.05) is 0 Å². The molecule has 0 radical (unpaired) electrons. The van der Waals surface area contributed by atoms with Crippen LogP contribution in [0.4, 0.5) is 0 Å². The highest BCUT2D eigenvalue weighted by atomic mass is 79.9. The fourth-order valence-corrected chi connectivity index (χ4v) is 3.50. The number of carboxylic acids is 1. The second kappa shape index (κ2) is 3.98. The molecule has 0 amide bonds. The van der Waals surface area contributed by atoms with Crippen LogP contribution in [0, 0.1) is 0 Å². The van der Waals surface area contributed by atoms with Crippen molar-refractivity contribution in [3.05, 3.63) is 14.5 Å². The standard InChI is InChI=1S/C9H10BrNO2S/c10-7-6(9(12)13)11-8(14-7)5-3-1-2-4-5/h5H,1-4H2,(H,12,13). The Morgan fingerprint density at radius 1 is 1.50 bits per heavy atom. The van der Waals surface area contributed by atoms with Crippen LogP contribution in [0.1, 0.15) is 47.1 Å².